The summed E-state index contributed by atoms with van der Waals surface area (Å²) >= 11 is 0. The number of piperazine rings is 1. The Bertz CT molecular complexity index is 660. The maximum Gasteiger partial charge on any atom is 0.405 e. The molecule has 0 bridgehead atoms. The van der Waals surface area contributed by atoms with Crippen LogP contribution in [0, 0.1) is 17.6 Å². The minimum atomic E-state index is -4.46. The first-order valence-electron chi connectivity index (χ1n) is 8.52. The molecule has 4 nitrogen and oxygen atoms in total. The van der Waals surface area contributed by atoms with E-state index in [4.69, 9.17) is 0 Å². The van der Waals surface area contributed by atoms with Gasteiger partial charge in [-0.3, -0.25) is 9.69 Å². The molecule has 3 rings (SSSR count). The van der Waals surface area contributed by atoms with Crippen molar-refractivity contribution in [2.75, 3.05) is 32.7 Å². The normalized spacial score (nSPS) is 25.0. The van der Waals surface area contributed by atoms with Gasteiger partial charge >= 0.3 is 6.18 Å². The third kappa shape index (κ3) is 4.15. The topological polar surface area (TPSA) is 44.4 Å². The number of carbonyl (C=O) groups excluding carboxylic acids is 1. The summed E-state index contributed by atoms with van der Waals surface area (Å²) in [6.07, 6.45) is -4.15. The zero-order valence-corrected chi connectivity index (χ0v) is 14.0. The number of amides is 1. The molecule has 144 valence electrons. The number of halogens is 5. The summed E-state index contributed by atoms with van der Waals surface area (Å²) in [6.45, 7) is 0.881. The van der Waals surface area contributed by atoms with E-state index in [0.717, 1.165) is 6.07 Å². The highest BCUT2D eigenvalue weighted by Crippen LogP contribution is 2.48. The van der Waals surface area contributed by atoms with Gasteiger partial charge in [0.25, 0.3) is 0 Å². The van der Waals surface area contributed by atoms with E-state index in [-0.39, 0.29) is 18.7 Å². The molecule has 1 aromatic rings. The van der Waals surface area contributed by atoms with Gasteiger partial charge in [0.2, 0.25) is 5.91 Å². The lowest BCUT2D eigenvalue weighted by Gasteiger charge is -2.35. The average Bonchev–Trinajstić information content (AvgIpc) is 3.38. The van der Waals surface area contributed by atoms with Crippen molar-refractivity contribution in [1.82, 2.24) is 15.5 Å². The van der Waals surface area contributed by atoms with Crippen molar-refractivity contribution >= 4 is 5.91 Å². The monoisotopic (exact) mass is 377 g/mol. The Morgan fingerprint density at radius 3 is 2.62 bits per heavy atom. The lowest BCUT2D eigenvalue weighted by Crippen LogP contribution is -2.57. The van der Waals surface area contributed by atoms with Gasteiger partial charge in [-0.1, -0.05) is 12.1 Å². The van der Waals surface area contributed by atoms with Gasteiger partial charge in [-0.25, -0.2) is 8.78 Å². The molecule has 26 heavy (non-hydrogen) atoms. The Labute approximate surface area is 147 Å². The SMILES string of the molecule is O=C(NCC(N1CCNCC1)C(F)(F)F)C1CC1c1cccc(F)c1F. The Morgan fingerprint density at radius 2 is 1.96 bits per heavy atom. The molecule has 1 heterocycles. The molecule has 1 amide bonds. The van der Waals surface area contributed by atoms with Crippen molar-refractivity contribution in [2.24, 2.45) is 5.92 Å². The second-order valence-corrected chi connectivity index (χ2v) is 6.68. The summed E-state index contributed by atoms with van der Waals surface area (Å²) < 4.78 is 67.0. The summed E-state index contributed by atoms with van der Waals surface area (Å²) in [5.74, 6) is -3.66. The highest BCUT2D eigenvalue weighted by atomic mass is 19.4. The summed E-state index contributed by atoms with van der Waals surface area (Å²) in [4.78, 5) is 13.5. The quantitative estimate of drug-likeness (QED) is 0.772. The van der Waals surface area contributed by atoms with Gasteiger partial charge < -0.3 is 10.6 Å². The third-order valence-electron chi connectivity index (χ3n) is 4.95. The summed E-state index contributed by atoms with van der Waals surface area (Å²) in [5, 5.41) is 5.33. The van der Waals surface area contributed by atoms with Gasteiger partial charge in [0, 0.05) is 38.6 Å². The molecule has 0 spiro atoms. The minimum Gasteiger partial charge on any atom is -0.354 e. The van der Waals surface area contributed by atoms with E-state index >= 15 is 0 Å². The average molecular weight is 377 g/mol. The predicted octanol–water partition coefficient (Wildman–Crippen LogP) is 2.02. The van der Waals surface area contributed by atoms with Crippen molar-refractivity contribution in [1.29, 1.82) is 0 Å². The van der Waals surface area contributed by atoms with Crippen molar-refractivity contribution in [3.8, 4) is 0 Å². The smallest absolute Gasteiger partial charge is 0.354 e. The second kappa shape index (κ2) is 7.48. The zero-order valence-electron chi connectivity index (χ0n) is 14.0. The maximum absolute atomic E-state index is 13.8. The second-order valence-electron chi connectivity index (χ2n) is 6.68. The summed E-state index contributed by atoms with van der Waals surface area (Å²) in [7, 11) is 0. The number of rotatable bonds is 5. The molecular formula is C17H20F5N3O. The Kier molecular flexibility index (Phi) is 5.47. The van der Waals surface area contributed by atoms with Crippen molar-refractivity contribution < 1.29 is 26.7 Å². The zero-order chi connectivity index (χ0) is 18.9. The van der Waals surface area contributed by atoms with Crippen molar-refractivity contribution in [3.05, 3.63) is 35.4 Å². The van der Waals surface area contributed by atoms with Crippen LogP contribution in [0.25, 0.3) is 0 Å². The maximum atomic E-state index is 13.8. The number of nitrogens with one attached hydrogen (secondary N) is 2. The Balaban J connectivity index is 1.58. The lowest BCUT2D eigenvalue weighted by atomic mass is 10.1. The number of nitrogens with zero attached hydrogens (tertiary/aromatic N) is 1. The molecule has 1 saturated carbocycles. The molecule has 0 aromatic heterocycles. The molecule has 1 aromatic carbocycles. The van der Waals surface area contributed by atoms with Crippen LogP contribution in [-0.4, -0.2) is 55.7 Å². The molecule has 9 heteroatoms. The lowest BCUT2D eigenvalue weighted by molar-refractivity contribution is -0.184. The molecule has 2 fully saturated rings. The molecule has 2 N–H and O–H groups in total. The molecule has 3 unspecified atom stereocenters. The van der Waals surface area contributed by atoms with E-state index < -0.39 is 48.1 Å². The van der Waals surface area contributed by atoms with Gasteiger partial charge in [0.15, 0.2) is 11.6 Å². The van der Waals surface area contributed by atoms with Crippen LogP contribution in [0.1, 0.15) is 17.9 Å². The fraction of sp³-hybridized carbons (Fsp3) is 0.588. The Morgan fingerprint density at radius 1 is 1.27 bits per heavy atom. The molecule has 1 aliphatic carbocycles. The number of alkyl halides is 3. The summed E-state index contributed by atoms with van der Waals surface area (Å²) in [6, 6.07) is 1.98. The Hall–Kier alpha value is -1.74. The van der Waals surface area contributed by atoms with E-state index in [0.29, 0.717) is 19.5 Å². The van der Waals surface area contributed by atoms with Crippen LogP contribution in [0.5, 0.6) is 0 Å². The number of hydrogen-bond donors (Lipinski definition) is 2. The highest BCUT2D eigenvalue weighted by molar-refractivity contribution is 5.82. The molecule has 1 aliphatic heterocycles. The first kappa shape index (κ1) is 19.0. The first-order valence-corrected chi connectivity index (χ1v) is 8.52. The fourth-order valence-electron chi connectivity index (χ4n) is 3.41. The number of benzene rings is 1. The van der Waals surface area contributed by atoms with E-state index in [9.17, 15) is 26.7 Å². The minimum absolute atomic E-state index is 0.0969. The third-order valence-corrected chi connectivity index (χ3v) is 4.95. The van der Waals surface area contributed by atoms with Crippen LogP contribution in [-0.2, 0) is 4.79 Å². The van der Waals surface area contributed by atoms with Crippen LogP contribution in [0.2, 0.25) is 0 Å². The van der Waals surface area contributed by atoms with Crippen LogP contribution in [0.3, 0.4) is 0 Å². The van der Waals surface area contributed by atoms with Crippen molar-refractivity contribution in [2.45, 2.75) is 24.6 Å². The number of hydrogen-bond acceptors (Lipinski definition) is 3. The van der Waals surface area contributed by atoms with E-state index in [1.165, 1.54) is 17.0 Å². The largest absolute Gasteiger partial charge is 0.405 e. The van der Waals surface area contributed by atoms with Gasteiger partial charge in [0.1, 0.15) is 6.04 Å². The standard InChI is InChI=1S/C17H20F5N3O/c18-13-3-1-2-10(15(13)19)11-8-12(11)16(26)24-9-14(17(20,21)22)25-6-4-23-5-7-25/h1-3,11-12,14,23H,4-9H2,(H,24,26). The summed E-state index contributed by atoms with van der Waals surface area (Å²) in [5.41, 5.74) is 0.0969. The molecular weight excluding hydrogens is 357 g/mol. The fourth-order valence-corrected chi connectivity index (χ4v) is 3.41. The first-order chi connectivity index (χ1) is 12.3. The van der Waals surface area contributed by atoms with E-state index in [2.05, 4.69) is 10.6 Å². The predicted molar refractivity (Wildman–Crippen MR) is 84.5 cm³/mol. The van der Waals surface area contributed by atoms with Gasteiger partial charge in [0.05, 0.1) is 0 Å². The van der Waals surface area contributed by atoms with Gasteiger partial charge in [-0.05, 0) is 24.0 Å². The van der Waals surface area contributed by atoms with Crippen LogP contribution >= 0.6 is 0 Å². The van der Waals surface area contributed by atoms with Crippen LogP contribution in [0.15, 0.2) is 18.2 Å². The molecule has 3 atom stereocenters. The van der Waals surface area contributed by atoms with E-state index in [1.54, 1.807) is 0 Å². The van der Waals surface area contributed by atoms with E-state index in [1.807, 2.05) is 0 Å². The molecule has 0 radical (unpaired) electrons. The molecule has 2 aliphatic rings. The highest BCUT2D eigenvalue weighted by Gasteiger charge is 2.47. The van der Waals surface area contributed by atoms with Crippen LogP contribution < -0.4 is 10.6 Å². The molecule has 1 saturated heterocycles. The van der Waals surface area contributed by atoms with Gasteiger partial charge in [-0.15, -0.1) is 0 Å². The number of carbonyl (C=O) groups is 1. The van der Waals surface area contributed by atoms with Gasteiger partial charge in [-0.2, -0.15) is 13.2 Å². The van der Waals surface area contributed by atoms with Crippen LogP contribution in [0.4, 0.5) is 22.0 Å². The van der Waals surface area contributed by atoms with Crippen molar-refractivity contribution in [3.63, 3.8) is 0 Å².